The van der Waals surface area contributed by atoms with Crippen LogP contribution in [0.2, 0.25) is 10.0 Å². The topological polar surface area (TPSA) is 124 Å². The summed E-state index contributed by atoms with van der Waals surface area (Å²) in [4.78, 5) is 40.4. The smallest absolute Gasteiger partial charge is 0.350 e. The molecule has 14 heteroatoms. The van der Waals surface area contributed by atoms with E-state index >= 15 is 0 Å². The van der Waals surface area contributed by atoms with E-state index in [0.717, 1.165) is 6.42 Å². The zero-order chi connectivity index (χ0) is 28.1. The number of aromatic nitrogens is 4. The van der Waals surface area contributed by atoms with E-state index in [-0.39, 0.29) is 28.8 Å². The number of anilines is 1. The number of imidazole rings is 1. The molecule has 39 heavy (non-hydrogen) atoms. The number of nitrogens with one attached hydrogen (secondary N) is 2. The van der Waals surface area contributed by atoms with Gasteiger partial charge in [0.05, 0.1) is 35.9 Å². The van der Waals surface area contributed by atoms with Crippen LogP contribution in [0.5, 0.6) is 0 Å². The van der Waals surface area contributed by atoms with Crippen LogP contribution < -0.4 is 10.2 Å². The number of rotatable bonds is 11. The molecule has 1 saturated heterocycles. The molecule has 1 amide bonds. The monoisotopic (exact) mass is 598 g/mol. The molecule has 0 aliphatic carbocycles. The molecule has 1 fully saturated rings. The molecule has 0 spiro atoms. The van der Waals surface area contributed by atoms with Gasteiger partial charge in [-0.1, -0.05) is 41.5 Å². The molecule has 11 nitrogen and oxygen atoms in total. The third-order valence-corrected chi connectivity index (χ3v) is 8.46. The Kier molecular flexibility index (Phi) is 9.89. The summed E-state index contributed by atoms with van der Waals surface area (Å²) in [6.07, 6.45) is 4.59. The van der Waals surface area contributed by atoms with Crippen LogP contribution in [0.1, 0.15) is 45.6 Å². The lowest BCUT2D eigenvalue weighted by Gasteiger charge is -2.38. The van der Waals surface area contributed by atoms with Gasteiger partial charge in [0.2, 0.25) is 0 Å². The highest BCUT2D eigenvalue weighted by atomic mass is 35.5. The van der Waals surface area contributed by atoms with E-state index in [1.807, 2.05) is 17.7 Å². The highest BCUT2D eigenvalue weighted by Gasteiger charge is 2.35. The predicted octanol–water partition coefficient (Wildman–Crippen LogP) is 4.19. The van der Waals surface area contributed by atoms with E-state index in [0.29, 0.717) is 71.5 Å². The Bertz CT molecular complexity index is 1310. The number of halogens is 2. The van der Waals surface area contributed by atoms with E-state index in [4.69, 9.17) is 42.4 Å². The van der Waals surface area contributed by atoms with E-state index < -0.39 is 5.97 Å². The lowest BCUT2D eigenvalue weighted by Crippen LogP contribution is -2.55. The molecule has 1 aliphatic rings. The Balaban J connectivity index is 1.57. The number of aromatic amines is 1. The van der Waals surface area contributed by atoms with Crippen LogP contribution in [0.25, 0.3) is 11.5 Å². The molecule has 0 bridgehead atoms. The Hall–Kier alpha value is -2.64. The van der Waals surface area contributed by atoms with Crippen molar-refractivity contribution in [2.24, 2.45) is 0 Å². The number of H-pyrrole nitrogens is 1. The molecule has 0 radical (unpaired) electrons. The van der Waals surface area contributed by atoms with Crippen LogP contribution in [0.3, 0.4) is 0 Å². The van der Waals surface area contributed by atoms with Crippen LogP contribution in [0.15, 0.2) is 12.4 Å². The highest BCUT2D eigenvalue weighted by molar-refractivity contribution is 7.17. The number of amides is 1. The molecule has 2 atom stereocenters. The van der Waals surface area contributed by atoms with Crippen molar-refractivity contribution in [1.29, 1.82) is 0 Å². The Morgan fingerprint density at radius 1 is 1.26 bits per heavy atom. The average Bonchev–Trinajstić information content (AvgIpc) is 3.65. The van der Waals surface area contributed by atoms with Crippen molar-refractivity contribution < 1.29 is 23.8 Å². The Labute approximate surface area is 240 Å². The number of thiazole rings is 1. The fourth-order valence-electron chi connectivity index (χ4n) is 4.39. The van der Waals surface area contributed by atoms with Gasteiger partial charge in [0, 0.05) is 51.4 Å². The Morgan fingerprint density at radius 2 is 2.05 bits per heavy atom. The zero-order valence-corrected chi connectivity index (χ0v) is 24.6. The molecular weight excluding hydrogens is 567 g/mol. The second kappa shape index (κ2) is 13.1. The first-order chi connectivity index (χ1) is 18.8. The van der Waals surface area contributed by atoms with Gasteiger partial charge in [-0.25, -0.2) is 14.8 Å². The van der Waals surface area contributed by atoms with Crippen molar-refractivity contribution in [3.8, 4) is 11.5 Å². The van der Waals surface area contributed by atoms with Crippen molar-refractivity contribution >= 4 is 51.5 Å². The van der Waals surface area contributed by atoms with Gasteiger partial charge in [-0.05, 0) is 19.8 Å². The number of carbonyl (C=O) groups excluding carboxylic acids is 2. The van der Waals surface area contributed by atoms with Crippen LogP contribution in [-0.4, -0.2) is 84.1 Å². The first-order valence-electron chi connectivity index (χ1n) is 12.6. The molecule has 212 valence electrons. The quantitative estimate of drug-likeness (QED) is 0.315. The fourth-order valence-corrected chi connectivity index (χ4v) is 5.82. The number of methoxy groups -OCH3 is 2. The molecule has 4 rings (SSSR count). The lowest BCUT2D eigenvalue weighted by atomic mass is 10.0. The number of ether oxygens (including phenoxy) is 3. The molecular formula is C25H32Cl2N6O5S. The molecule has 3 aromatic rings. The summed E-state index contributed by atoms with van der Waals surface area (Å²) in [7, 11) is 2.97. The van der Waals surface area contributed by atoms with Gasteiger partial charge in [0.15, 0.2) is 11.0 Å². The minimum absolute atomic E-state index is 0.199. The normalized spacial score (nSPS) is 17.4. The summed E-state index contributed by atoms with van der Waals surface area (Å²) in [5, 5.41) is 4.24. The number of hydrogen-bond donors (Lipinski definition) is 2. The number of aryl methyl sites for hydroxylation is 1. The van der Waals surface area contributed by atoms with Crippen molar-refractivity contribution in [3.63, 3.8) is 0 Å². The summed E-state index contributed by atoms with van der Waals surface area (Å²) >= 11 is 13.7. The SMILES string of the molecule is CCCO[C@H]1CN(c2nc(-c3nccn3CCOC)c(C(=O)OC)s2)CC[C@H]1NC(=O)c1[nH]c(C)c(Cl)c1Cl. The number of carbonyl (C=O) groups is 2. The molecule has 0 saturated carbocycles. The maximum Gasteiger partial charge on any atom is 0.350 e. The van der Waals surface area contributed by atoms with Crippen LogP contribution in [0, 0.1) is 6.92 Å². The molecule has 1 aliphatic heterocycles. The minimum atomic E-state index is -0.479. The van der Waals surface area contributed by atoms with E-state index in [9.17, 15) is 9.59 Å². The molecule has 4 heterocycles. The van der Waals surface area contributed by atoms with Gasteiger partial charge in [-0.15, -0.1) is 0 Å². The summed E-state index contributed by atoms with van der Waals surface area (Å²) in [5.41, 5.74) is 1.31. The summed E-state index contributed by atoms with van der Waals surface area (Å²) in [6.45, 7) is 6.42. The van der Waals surface area contributed by atoms with Crippen molar-refractivity contribution in [2.75, 3.05) is 45.4 Å². The maximum atomic E-state index is 13.0. The molecule has 0 aromatic carbocycles. The first kappa shape index (κ1) is 29.3. The zero-order valence-electron chi connectivity index (χ0n) is 22.3. The second-order valence-corrected chi connectivity index (χ2v) is 10.8. The summed E-state index contributed by atoms with van der Waals surface area (Å²) in [5.74, 6) is -0.258. The van der Waals surface area contributed by atoms with Crippen molar-refractivity contribution in [1.82, 2.24) is 24.8 Å². The van der Waals surface area contributed by atoms with Gasteiger partial charge in [0.1, 0.15) is 16.3 Å². The van der Waals surface area contributed by atoms with E-state index in [1.54, 1.807) is 20.2 Å². The maximum absolute atomic E-state index is 13.0. The van der Waals surface area contributed by atoms with Crippen molar-refractivity contribution in [3.05, 3.63) is 38.7 Å². The van der Waals surface area contributed by atoms with Crippen molar-refractivity contribution in [2.45, 2.75) is 45.4 Å². The van der Waals surface area contributed by atoms with Crippen LogP contribution in [0.4, 0.5) is 5.13 Å². The number of esters is 1. The molecule has 2 N–H and O–H groups in total. The third-order valence-electron chi connectivity index (χ3n) is 6.41. The average molecular weight is 600 g/mol. The first-order valence-corrected chi connectivity index (χ1v) is 14.2. The standard InChI is InChI=1S/C25H32Cl2N6O5S/c1-5-11-38-16-13-33(8-6-15(16)30-23(34)19-18(27)17(26)14(2)29-19)25-31-20(21(39-25)24(35)37-4)22-28-7-9-32(22)10-12-36-3/h7,9,15-16,29H,5-6,8,10-13H2,1-4H3,(H,30,34)/t15-,16+/m1/s1. The van der Waals surface area contributed by atoms with E-state index in [1.165, 1.54) is 18.4 Å². The van der Waals surface area contributed by atoms with E-state index in [2.05, 4.69) is 20.2 Å². The predicted molar refractivity (Wildman–Crippen MR) is 150 cm³/mol. The van der Waals surface area contributed by atoms with Crippen LogP contribution >= 0.6 is 34.5 Å². The Morgan fingerprint density at radius 3 is 2.72 bits per heavy atom. The highest BCUT2D eigenvalue weighted by Crippen LogP contribution is 2.35. The molecule has 0 unspecified atom stereocenters. The fraction of sp³-hybridized carbons (Fsp3) is 0.520. The van der Waals surface area contributed by atoms with Gasteiger partial charge in [0.25, 0.3) is 5.91 Å². The van der Waals surface area contributed by atoms with Gasteiger partial charge in [-0.2, -0.15) is 0 Å². The minimum Gasteiger partial charge on any atom is -0.465 e. The third kappa shape index (κ3) is 6.41. The summed E-state index contributed by atoms with van der Waals surface area (Å²) < 4.78 is 18.3. The van der Waals surface area contributed by atoms with Crippen LogP contribution in [-0.2, 0) is 20.8 Å². The number of hydrogen-bond acceptors (Lipinski definition) is 9. The number of nitrogens with zero attached hydrogens (tertiary/aromatic N) is 4. The largest absolute Gasteiger partial charge is 0.465 e. The number of piperidine rings is 1. The van der Waals surface area contributed by atoms with Gasteiger partial charge >= 0.3 is 5.97 Å². The second-order valence-electron chi connectivity index (χ2n) is 9.08. The molecule has 3 aromatic heterocycles. The van der Waals surface area contributed by atoms with Gasteiger partial charge in [-0.3, -0.25) is 4.79 Å². The summed E-state index contributed by atoms with van der Waals surface area (Å²) in [6, 6.07) is -0.258. The lowest BCUT2D eigenvalue weighted by molar-refractivity contribution is 0.0205. The van der Waals surface area contributed by atoms with Gasteiger partial charge < -0.3 is 34.0 Å².